The van der Waals surface area contributed by atoms with Gasteiger partial charge in [0.25, 0.3) is 0 Å². The Kier molecular flexibility index (Phi) is 6.21. The SMILES string of the molecule is CCSC1CCCCC1NC(=O)C(C)CN. The molecule has 94 valence electrons. The lowest BCUT2D eigenvalue weighted by Gasteiger charge is -2.32. The van der Waals surface area contributed by atoms with E-state index in [1.165, 1.54) is 19.3 Å². The van der Waals surface area contributed by atoms with Crippen LogP contribution in [-0.4, -0.2) is 29.5 Å². The lowest BCUT2D eigenvalue weighted by atomic mass is 9.94. The van der Waals surface area contributed by atoms with Crippen molar-refractivity contribution in [2.75, 3.05) is 12.3 Å². The van der Waals surface area contributed by atoms with Crippen LogP contribution in [0.1, 0.15) is 39.5 Å². The molecule has 3 atom stereocenters. The molecular weight excluding hydrogens is 220 g/mol. The fraction of sp³-hybridized carbons (Fsp3) is 0.917. The molecule has 1 saturated carbocycles. The van der Waals surface area contributed by atoms with Gasteiger partial charge in [-0.2, -0.15) is 11.8 Å². The van der Waals surface area contributed by atoms with Gasteiger partial charge in [0.05, 0.1) is 0 Å². The van der Waals surface area contributed by atoms with Crippen molar-refractivity contribution >= 4 is 17.7 Å². The maximum absolute atomic E-state index is 11.8. The van der Waals surface area contributed by atoms with E-state index in [-0.39, 0.29) is 11.8 Å². The summed E-state index contributed by atoms with van der Waals surface area (Å²) in [7, 11) is 0. The standard InChI is InChI=1S/C12H24N2OS/c1-3-16-11-7-5-4-6-10(11)14-12(15)9(2)8-13/h9-11H,3-8,13H2,1-2H3,(H,14,15). The van der Waals surface area contributed by atoms with Crippen LogP contribution in [0.15, 0.2) is 0 Å². The van der Waals surface area contributed by atoms with Crippen molar-refractivity contribution in [1.29, 1.82) is 0 Å². The largest absolute Gasteiger partial charge is 0.352 e. The third-order valence-electron chi connectivity index (χ3n) is 3.21. The summed E-state index contributed by atoms with van der Waals surface area (Å²) in [6.45, 7) is 4.50. The molecule has 4 heteroatoms. The van der Waals surface area contributed by atoms with Crippen molar-refractivity contribution in [2.45, 2.75) is 50.8 Å². The number of hydrogen-bond donors (Lipinski definition) is 2. The normalized spacial score (nSPS) is 27.4. The first-order valence-electron chi connectivity index (χ1n) is 6.31. The van der Waals surface area contributed by atoms with Crippen molar-refractivity contribution in [3.05, 3.63) is 0 Å². The van der Waals surface area contributed by atoms with Crippen LogP contribution < -0.4 is 11.1 Å². The van der Waals surface area contributed by atoms with Gasteiger partial charge in [0, 0.05) is 23.8 Å². The van der Waals surface area contributed by atoms with Crippen LogP contribution in [0.5, 0.6) is 0 Å². The first-order chi connectivity index (χ1) is 7.69. The molecule has 1 aliphatic carbocycles. The molecule has 3 N–H and O–H groups in total. The van der Waals surface area contributed by atoms with Crippen molar-refractivity contribution < 1.29 is 4.79 Å². The Labute approximate surface area is 103 Å². The number of hydrogen-bond acceptors (Lipinski definition) is 3. The molecule has 0 aromatic carbocycles. The van der Waals surface area contributed by atoms with Crippen molar-refractivity contribution in [1.82, 2.24) is 5.32 Å². The van der Waals surface area contributed by atoms with E-state index in [9.17, 15) is 4.79 Å². The minimum absolute atomic E-state index is 0.0609. The Morgan fingerprint density at radius 3 is 2.81 bits per heavy atom. The lowest BCUT2D eigenvalue weighted by molar-refractivity contribution is -0.125. The topological polar surface area (TPSA) is 55.1 Å². The molecule has 1 amide bonds. The van der Waals surface area contributed by atoms with E-state index in [0.29, 0.717) is 17.8 Å². The predicted octanol–water partition coefficient (Wildman–Crippen LogP) is 1.76. The van der Waals surface area contributed by atoms with Crippen LogP contribution in [-0.2, 0) is 4.79 Å². The van der Waals surface area contributed by atoms with Crippen LogP contribution in [0, 0.1) is 5.92 Å². The fourth-order valence-electron chi connectivity index (χ4n) is 2.11. The first kappa shape index (κ1) is 13.8. The van der Waals surface area contributed by atoms with Gasteiger partial charge >= 0.3 is 0 Å². The lowest BCUT2D eigenvalue weighted by Crippen LogP contribution is -2.46. The van der Waals surface area contributed by atoms with Crippen molar-refractivity contribution in [2.24, 2.45) is 11.7 Å². The number of thioether (sulfide) groups is 1. The molecule has 1 rings (SSSR count). The van der Waals surface area contributed by atoms with E-state index < -0.39 is 0 Å². The summed E-state index contributed by atoms with van der Waals surface area (Å²) in [4.78, 5) is 11.8. The van der Waals surface area contributed by atoms with Gasteiger partial charge in [0.1, 0.15) is 0 Å². The summed E-state index contributed by atoms with van der Waals surface area (Å²) in [5.41, 5.74) is 5.51. The molecule has 1 aliphatic rings. The molecule has 0 aromatic rings. The Morgan fingerprint density at radius 2 is 2.19 bits per heavy atom. The van der Waals surface area contributed by atoms with E-state index in [1.807, 2.05) is 18.7 Å². The smallest absolute Gasteiger partial charge is 0.224 e. The molecule has 16 heavy (non-hydrogen) atoms. The zero-order valence-corrected chi connectivity index (χ0v) is 11.2. The Morgan fingerprint density at radius 1 is 1.50 bits per heavy atom. The number of nitrogens with two attached hydrogens (primary N) is 1. The highest BCUT2D eigenvalue weighted by molar-refractivity contribution is 7.99. The molecule has 3 nitrogen and oxygen atoms in total. The van der Waals surface area contributed by atoms with Crippen LogP contribution in [0.3, 0.4) is 0 Å². The highest BCUT2D eigenvalue weighted by Crippen LogP contribution is 2.28. The fourth-order valence-corrected chi connectivity index (χ4v) is 3.31. The number of carbonyl (C=O) groups excluding carboxylic acids is 1. The van der Waals surface area contributed by atoms with E-state index in [0.717, 1.165) is 12.2 Å². The molecule has 3 unspecified atom stereocenters. The number of amides is 1. The highest BCUT2D eigenvalue weighted by atomic mass is 32.2. The molecule has 0 aliphatic heterocycles. The summed E-state index contributed by atoms with van der Waals surface area (Å²) in [5.74, 6) is 1.19. The third-order valence-corrected chi connectivity index (χ3v) is 4.54. The third kappa shape index (κ3) is 3.98. The Bertz CT molecular complexity index is 221. The number of carbonyl (C=O) groups is 1. The highest BCUT2D eigenvalue weighted by Gasteiger charge is 2.27. The van der Waals surface area contributed by atoms with Crippen LogP contribution in [0.4, 0.5) is 0 Å². The van der Waals surface area contributed by atoms with Gasteiger partial charge in [-0.15, -0.1) is 0 Å². The molecular formula is C12H24N2OS. The number of rotatable bonds is 5. The quantitative estimate of drug-likeness (QED) is 0.775. The predicted molar refractivity (Wildman–Crippen MR) is 70.5 cm³/mol. The van der Waals surface area contributed by atoms with E-state index in [1.54, 1.807) is 0 Å². The van der Waals surface area contributed by atoms with Gasteiger partial charge in [0.2, 0.25) is 5.91 Å². The summed E-state index contributed by atoms with van der Waals surface area (Å²) in [6, 6.07) is 0.361. The summed E-state index contributed by atoms with van der Waals surface area (Å²) in [5, 5.41) is 3.77. The monoisotopic (exact) mass is 244 g/mol. The van der Waals surface area contributed by atoms with Crippen molar-refractivity contribution in [3.63, 3.8) is 0 Å². The second kappa shape index (κ2) is 7.17. The molecule has 0 aromatic heterocycles. The summed E-state index contributed by atoms with van der Waals surface area (Å²) >= 11 is 1.98. The molecule has 0 radical (unpaired) electrons. The van der Waals surface area contributed by atoms with Crippen LogP contribution >= 0.6 is 11.8 Å². The number of nitrogens with one attached hydrogen (secondary N) is 1. The molecule has 0 spiro atoms. The molecule has 0 heterocycles. The van der Waals surface area contributed by atoms with Gasteiger partial charge < -0.3 is 11.1 Å². The van der Waals surface area contributed by atoms with Crippen LogP contribution in [0.25, 0.3) is 0 Å². The molecule has 0 bridgehead atoms. The van der Waals surface area contributed by atoms with E-state index in [4.69, 9.17) is 5.73 Å². The Hall–Kier alpha value is -0.220. The minimum Gasteiger partial charge on any atom is -0.352 e. The minimum atomic E-state index is -0.0609. The van der Waals surface area contributed by atoms with Gasteiger partial charge in [-0.1, -0.05) is 26.7 Å². The van der Waals surface area contributed by atoms with Gasteiger partial charge in [0.15, 0.2) is 0 Å². The van der Waals surface area contributed by atoms with E-state index >= 15 is 0 Å². The van der Waals surface area contributed by atoms with Crippen molar-refractivity contribution in [3.8, 4) is 0 Å². The maximum atomic E-state index is 11.8. The van der Waals surface area contributed by atoms with E-state index in [2.05, 4.69) is 12.2 Å². The second-order valence-electron chi connectivity index (χ2n) is 4.53. The maximum Gasteiger partial charge on any atom is 0.224 e. The van der Waals surface area contributed by atoms with Gasteiger partial charge in [-0.3, -0.25) is 4.79 Å². The summed E-state index contributed by atoms with van der Waals surface area (Å²) in [6.07, 6.45) is 4.90. The average Bonchev–Trinajstić information content (AvgIpc) is 2.31. The first-order valence-corrected chi connectivity index (χ1v) is 7.36. The average molecular weight is 244 g/mol. The molecule has 1 fully saturated rings. The zero-order valence-electron chi connectivity index (χ0n) is 10.4. The van der Waals surface area contributed by atoms with Gasteiger partial charge in [-0.25, -0.2) is 0 Å². The summed E-state index contributed by atoms with van der Waals surface area (Å²) < 4.78 is 0. The zero-order chi connectivity index (χ0) is 12.0. The Balaban J connectivity index is 2.45. The second-order valence-corrected chi connectivity index (χ2v) is 6.05. The van der Waals surface area contributed by atoms with Gasteiger partial charge in [-0.05, 0) is 18.6 Å². The van der Waals surface area contributed by atoms with Crippen LogP contribution in [0.2, 0.25) is 0 Å². The molecule has 0 saturated heterocycles.